The summed E-state index contributed by atoms with van der Waals surface area (Å²) in [7, 11) is 0. The minimum Gasteiger partial charge on any atom is -0.461 e. The van der Waals surface area contributed by atoms with E-state index in [-0.39, 0.29) is 35.1 Å². The Balaban J connectivity index is 1.87. The predicted octanol–water partition coefficient (Wildman–Crippen LogP) is 4.06. The van der Waals surface area contributed by atoms with Crippen molar-refractivity contribution >= 4 is 39.0 Å². The maximum Gasteiger partial charge on any atom is 0.359 e. The van der Waals surface area contributed by atoms with Gasteiger partial charge in [0.2, 0.25) is 5.91 Å². The van der Waals surface area contributed by atoms with Gasteiger partial charge in [0.15, 0.2) is 5.69 Å². The first-order chi connectivity index (χ1) is 14.5. The Labute approximate surface area is 177 Å². The summed E-state index contributed by atoms with van der Waals surface area (Å²) < 4.78 is 6.37. The fraction of sp³-hybridized carbons (Fsp3) is 0.364. The molecule has 0 atom stereocenters. The average Bonchev–Trinajstić information content (AvgIpc) is 3.39. The van der Waals surface area contributed by atoms with E-state index in [9.17, 15) is 14.4 Å². The molecule has 1 aliphatic carbocycles. The molecule has 0 aliphatic heterocycles. The Hall–Kier alpha value is -3.00. The van der Waals surface area contributed by atoms with E-state index in [1.54, 1.807) is 18.4 Å². The minimum atomic E-state index is -0.602. The molecule has 156 valence electrons. The standard InChI is InChI=1S/C22H23N3O4S/c1-3-29-22(28)18-16-12-30-20(23-19(26)14-8-4-5-9-14)17(16)21(27)25(24-18)15-10-6-7-13(2)11-15/h6-7,10-12,14H,3-5,8-9H2,1-2H3,(H,23,26). The van der Waals surface area contributed by atoms with Gasteiger partial charge >= 0.3 is 5.97 Å². The molecule has 1 fully saturated rings. The summed E-state index contributed by atoms with van der Waals surface area (Å²) in [5.74, 6) is -0.713. The fourth-order valence-electron chi connectivity index (χ4n) is 3.83. The topological polar surface area (TPSA) is 90.3 Å². The van der Waals surface area contributed by atoms with Crippen LogP contribution < -0.4 is 10.9 Å². The van der Waals surface area contributed by atoms with Crippen molar-refractivity contribution in [1.29, 1.82) is 0 Å². The molecule has 1 saturated carbocycles. The minimum absolute atomic E-state index is 0.0347. The Morgan fingerprint density at radius 2 is 2.07 bits per heavy atom. The van der Waals surface area contributed by atoms with E-state index in [0.717, 1.165) is 31.2 Å². The molecule has 0 bridgehead atoms. The lowest BCUT2D eigenvalue weighted by molar-refractivity contribution is -0.119. The molecule has 30 heavy (non-hydrogen) atoms. The van der Waals surface area contributed by atoms with Gasteiger partial charge in [0.1, 0.15) is 5.00 Å². The van der Waals surface area contributed by atoms with Crippen LogP contribution in [-0.2, 0) is 9.53 Å². The summed E-state index contributed by atoms with van der Waals surface area (Å²) in [5.41, 5.74) is 1.18. The monoisotopic (exact) mass is 425 g/mol. The third-order valence-electron chi connectivity index (χ3n) is 5.33. The number of esters is 1. The maximum atomic E-state index is 13.4. The molecule has 8 heteroatoms. The van der Waals surface area contributed by atoms with Gasteiger partial charge in [-0.05, 0) is 44.4 Å². The van der Waals surface area contributed by atoms with Gasteiger partial charge in [0, 0.05) is 16.7 Å². The second kappa shape index (κ2) is 8.39. The van der Waals surface area contributed by atoms with Crippen LogP contribution in [0.25, 0.3) is 16.5 Å². The second-order valence-electron chi connectivity index (χ2n) is 7.45. The molecule has 1 aromatic carbocycles. The summed E-state index contributed by atoms with van der Waals surface area (Å²) in [4.78, 5) is 38.6. The molecule has 2 heterocycles. The van der Waals surface area contributed by atoms with Gasteiger partial charge in [0.05, 0.1) is 17.7 Å². The Bertz CT molecular complexity index is 1170. The lowest BCUT2D eigenvalue weighted by Gasteiger charge is -2.11. The number of hydrogen-bond donors (Lipinski definition) is 1. The zero-order chi connectivity index (χ0) is 21.3. The highest BCUT2D eigenvalue weighted by Crippen LogP contribution is 2.33. The van der Waals surface area contributed by atoms with Gasteiger partial charge in [-0.25, -0.2) is 4.79 Å². The van der Waals surface area contributed by atoms with E-state index in [4.69, 9.17) is 4.74 Å². The first-order valence-electron chi connectivity index (χ1n) is 10.1. The van der Waals surface area contributed by atoms with Crippen molar-refractivity contribution in [3.05, 3.63) is 51.3 Å². The third kappa shape index (κ3) is 3.75. The number of nitrogens with one attached hydrogen (secondary N) is 1. The molecule has 1 amide bonds. The lowest BCUT2D eigenvalue weighted by atomic mass is 10.1. The van der Waals surface area contributed by atoms with Crippen molar-refractivity contribution in [3.63, 3.8) is 0 Å². The number of carbonyl (C=O) groups is 2. The number of anilines is 1. The maximum absolute atomic E-state index is 13.4. The van der Waals surface area contributed by atoms with E-state index >= 15 is 0 Å². The summed E-state index contributed by atoms with van der Waals surface area (Å²) in [5, 5.41) is 10.1. The molecule has 3 aromatic rings. The zero-order valence-corrected chi connectivity index (χ0v) is 17.8. The molecule has 1 aliphatic rings. The number of rotatable bonds is 5. The van der Waals surface area contributed by atoms with Gasteiger partial charge in [-0.3, -0.25) is 9.59 Å². The lowest BCUT2D eigenvalue weighted by Crippen LogP contribution is -2.26. The van der Waals surface area contributed by atoms with Crippen molar-refractivity contribution in [2.75, 3.05) is 11.9 Å². The number of benzene rings is 1. The van der Waals surface area contributed by atoms with Crippen LogP contribution in [0.2, 0.25) is 0 Å². The molecule has 1 N–H and O–H groups in total. The molecule has 7 nitrogen and oxygen atoms in total. The summed E-state index contributed by atoms with van der Waals surface area (Å²) in [6, 6.07) is 7.31. The SMILES string of the molecule is CCOC(=O)c1nn(-c2cccc(C)c2)c(=O)c2c(NC(=O)C3CCCC3)scc12. The third-order valence-corrected chi connectivity index (χ3v) is 6.23. The van der Waals surface area contributed by atoms with E-state index in [2.05, 4.69) is 10.4 Å². The quantitative estimate of drug-likeness (QED) is 0.623. The van der Waals surface area contributed by atoms with Crippen LogP contribution in [0.1, 0.15) is 48.7 Å². The Morgan fingerprint density at radius 1 is 1.30 bits per heavy atom. The molecule has 2 aromatic heterocycles. The number of nitrogens with zero attached hydrogens (tertiary/aromatic N) is 2. The number of carbonyl (C=O) groups excluding carboxylic acids is 2. The van der Waals surface area contributed by atoms with Gasteiger partial charge in [-0.2, -0.15) is 9.78 Å². The molecule has 0 saturated heterocycles. The number of ether oxygens (including phenoxy) is 1. The molecular formula is C22H23N3O4S. The van der Waals surface area contributed by atoms with Crippen LogP contribution >= 0.6 is 11.3 Å². The number of fused-ring (bicyclic) bond motifs is 1. The molecule has 0 spiro atoms. The van der Waals surface area contributed by atoms with Crippen LogP contribution in [0, 0.1) is 12.8 Å². The predicted molar refractivity (Wildman–Crippen MR) is 116 cm³/mol. The number of aromatic nitrogens is 2. The van der Waals surface area contributed by atoms with E-state index in [1.807, 2.05) is 25.1 Å². The summed E-state index contributed by atoms with van der Waals surface area (Å²) >= 11 is 1.23. The average molecular weight is 426 g/mol. The van der Waals surface area contributed by atoms with E-state index in [0.29, 0.717) is 16.1 Å². The summed E-state index contributed by atoms with van der Waals surface area (Å²) in [6.45, 7) is 3.82. The molecule has 0 unspecified atom stereocenters. The first kappa shape index (κ1) is 20.3. The van der Waals surface area contributed by atoms with Crippen LogP contribution in [0.3, 0.4) is 0 Å². The van der Waals surface area contributed by atoms with Crippen molar-refractivity contribution in [1.82, 2.24) is 9.78 Å². The van der Waals surface area contributed by atoms with Gasteiger partial charge in [0.25, 0.3) is 5.56 Å². The van der Waals surface area contributed by atoms with Crippen molar-refractivity contribution in [3.8, 4) is 5.69 Å². The number of aryl methyl sites for hydroxylation is 1. The summed E-state index contributed by atoms with van der Waals surface area (Å²) in [6.07, 6.45) is 3.80. The van der Waals surface area contributed by atoms with E-state index < -0.39 is 5.97 Å². The zero-order valence-electron chi connectivity index (χ0n) is 16.9. The highest BCUT2D eigenvalue weighted by atomic mass is 32.1. The van der Waals surface area contributed by atoms with Crippen LogP contribution in [-0.4, -0.2) is 28.3 Å². The van der Waals surface area contributed by atoms with Crippen LogP contribution in [0.15, 0.2) is 34.4 Å². The Morgan fingerprint density at radius 3 is 2.77 bits per heavy atom. The first-order valence-corrected chi connectivity index (χ1v) is 11.0. The van der Waals surface area contributed by atoms with E-state index in [1.165, 1.54) is 16.0 Å². The highest BCUT2D eigenvalue weighted by molar-refractivity contribution is 7.16. The number of thiophene rings is 1. The smallest absolute Gasteiger partial charge is 0.359 e. The second-order valence-corrected chi connectivity index (χ2v) is 8.33. The van der Waals surface area contributed by atoms with Crippen molar-refractivity contribution in [2.24, 2.45) is 5.92 Å². The van der Waals surface area contributed by atoms with Gasteiger partial charge in [-0.15, -0.1) is 11.3 Å². The largest absolute Gasteiger partial charge is 0.461 e. The normalized spacial score (nSPS) is 14.2. The number of amides is 1. The fourth-order valence-corrected chi connectivity index (χ4v) is 4.77. The molecular weight excluding hydrogens is 402 g/mol. The molecule has 4 rings (SSSR count). The van der Waals surface area contributed by atoms with Gasteiger partial charge in [-0.1, -0.05) is 25.0 Å². The highest BCUT2D eigenvalue weighted by Gasteiger charge is 2.26. The number of hydrogen-bond acceptors (Lipinski definition) is 6. The van der Waals surface area contributed by atoms with Gasteiger partial charge < -0.3 is 10.1 Å². The molecule has 0 radical (unpaired) electrons. The Kier molecular flexibility index (Phi) is 5.67. The van der Waals surface area contributed by atoms with Crippen LogP contribution in [0.4, 0.5) is 5.00 Å². The van der Waals surface area contributed by atoms with Crippen molar-refractivity contribution in [2.45, 2.75) is 39.5 Å². The van der Waals surface area contributed by atoms with Crippen LogP contribution in [0.5, 0.6) is 0 Å². The van der Waals surface area contributed by atoms with Crippen molar-refractivity contribution < 1.29 is 14.3 Å².